The van der Waals surface area contributed by atoms with Crippen molar-refractivity contribution in [3.63, 3.8) is 0 Å². The lowest BCUT2D eigenvalue weighted by atomic mass is 9.88. The quantitative estimate of drug-likeness (QED) is 0.893. The van der Waals surface area contributed by atoms with Crippen LogP contribution in [-0.4, -0.2) is 24.2 Å². The summed E-state index contributed by atoms with van der Waals surface area (Å²) in [7, 11) is 0. The van der Waals surface area contributed by atoms with Gasteiger partial charge in [-0.3, -0.25) is 4.79 Å². The molecule has 0 aromatic heterocycles. The summed E-state index contributed by atoms with van der Waals surface area (Å²) in [6, 6.07) is 10.9. The van der Waals surface area contributed by atoms with Gasteiger partial charge in [-0.2, -0.15) is 13.2 Å². The zero-order valence-corrected chi connectivity index (χ0v) is 13.1. The van der Waals surface area contributed by atoms with Gasteiger partial charge in [0.15, 0.2) is 0 Å². The first-order chi connectivity index (χ1) is 11.8. The van der Waals surface area contributed by atoms with Crippen LogP contribution in [-0.2, 0) is 11.8 Å². The molecule has 2 aromatic rings. The van der Waals surface area contributed by atoms with E-state index in [0.717, 1.165) is 24.3 Å². The smallest absolute Gasteiger partial charge is 0.416 e. The third-order valence-electron chi connectivity index (χ3n) is 4.18. The van der Waals surface area contributed by atoms with Crippen LogP contribution in [0.1, 0.15) is 27.9 Å². The predicted octanol–water partition coefficient (Wildman–Crippen LogP) is 3.11. The zero-order valence-electron chi connectivity index (χ0n) is 13.1. The molecule has 0 radical (unpaired) electrons. The van der Waals surface area contributed by atoms with E-state index in [1.165, 1.54) is 0 Å². The van der Waals surface area contributed by atoms with E-state index in [1.807, 2.05) is 0 Å². The number of ether oxygens (including phenoxy) is 1. The summed E-state index contributed by atoms with van der Waals surface area (Å²) in [5.41, 5.74) is -1.43. The highest BCUT2D eigenvalue weighted by atomic mass is 19.4. The van der Waals surface area contributed by atoms with E-state index < -0.39 is 23.2 Å². The molecular formula is C18H16F3NO3. The molecular weight excluding hydrogens is 335 g/mol. The summed E-state index contributed by atoms with van der Waals surface area (Å²) in [5.74, 6) is 0.00570. The van der Waals surface area contributed by atoms with Gasteiger partial charge in [0.2, 0.25) is 0 Å². The SMILES string of the molecule is O=C(NCC1(O)CCOc2ccccc21)c1ccc(C(F)(F)F)cc1. The minimum Gasteiger partial charge on any atom is -0.493 e. The number of hydrogen-bond acceptors (Lipinski definition) is 3. The Morgan fingerprint density at radius 2 is 1.84 bits per heavy atom. The molecule has 0 spiro atoms. The average molecular weight is 351 g/mol. The van der Waals surface area contributed by atoms with Crippen LogP contribution in [0.15, 0.2) is 48.5 Å². The topological polar surface area (TPSA) is 58.6 Å². The lowest BCUT2D eigenvalue weighted by Crippen LogP contribution is -2.43. The lowest BCUT2D eigenvalue weighted by molar-refractivity contribution is -0.137. The van der Waals surface area contributed by atoms with Crippen LogP contribution < -0.4 is 10.1 Å². The number of amides is 1. The monoisotopic (exact) mass is 351 g/mol. The van der Waals surface area contributed by atoms with E-state index in [0.29, 0.717) is 24.3 Å². The van der Waals surface area contributed by atoms with E-state index in [9.17, 15) is 23.1 Å². The predicted molar refractivity (Wildman–Crippen MR) is 84.2 cm³/mol. The lowest BCUT2D eigenvalue weighted by Gasteiger charge is -2.34. The first-order valence-corrected chi connectivity index (χ1v) is 7.70. The molecule has 2 aromatic carbocycles. The fourth-order valence-corrected chi connectivity index (χ4v) is 2.76. The Balaban J connectivity index is 1.71. The number of rotatable bonds is 3. The molecule has 3 rings (SSSR count). The number of fused-ring (bicyclic) bond motifs is 1. The Kier molecular flexibility index (Phi) is 4.43. The van der Waals surface area contributed by atoms with E-state index in [1.54, 1.807) is 24.3 Å². The number of hydrogen-bond donors (Lipinski definition) is 2. The second kappa shape index (κ2) is 6.40. The maximum absolute atomic E-state index is 12.6. The Labute approximate surface area is 142 Å². The van der Waals surface area contributed by atoms with E-state index in [4.69, 9.17) is 4.74 Å². The summed E-state index contributed by atoms with van der Waals surface area (Å²) in [5, 5.41) is 13.4. The third-order valence-corrected chi connectivity index (χ3v) is 4.18. The van der Waals surface area contributed by atoms with Gasteiger partial charge in [-0.1, -0.05) is 18.2 Å². The minimum absolute atomic E-state index is 0.0623. The van der Waals surface area contributed by atoms with Crippen molar-refractivity contribution in [2.24, 2.45) is 0 Å². The highest BCUT2D eigenvalue weighted by Crippen LogP contribution is 2.36. The number of benzene rings is 2. The van der Waals surface area contributed by atoms with Gasteiger partial charge in [0.25, 0.3) is 5.91 Å². The largest absolute Gasteiger partial charge is 0.493 e. The van der Waals surface area contributed by atoms with Crippen molar-refractivity contribution in [1.82, 2.24) is 5.32 Å². The number of carbonyl (C=O) groups excluding carboxylic acids is 1. The van der Waals surface area contributed by atoms with Crippen LogP contribution in [0.2, 0.25) is 0 Å². The zero-order chi connectivity index (χ0) is 18.1. The number of alkyl halides is 3. The summed E-state index contributed by atoms with van der Waals surface area (Å²) in [6.45, 7) is 0.247. The maximum atomic E-state index is 12.6. The average Bonchev–Trinajstić information content (AvgIpc) is 2.60. The molecule has 2 N–H and O–H groups in total. The van der Waals surface area contributed by atoms with Gasteiger partial charge in [-0.15, -0.1) is 0 Å². The normalized spacial score (nSPS) is 19.7. The molecule has 1 heterocycles. The molecule has 0 saturated heterocycles. The van der Waals surface area contributed by atoms with E-state index in [-0.39, 0.29) is 12.1 Å². The van der Waals surface area contributed by atoms with E-state index >= 15 is 0 Å². The number of halogens is 3. The molecule has 7 heteroatoms. The fourth-order valence-electron chi connectivity index (χ4n) is 2.76. The first kappa shape index (κ1) is 17.3. The Hall–Kier alpha value is -2.54. The summed E-state index contributed by atoms with van der Waals surface area (Å²) in [4.78, 5) is 12.2. The molecule has 1 aliphatic heterocycles. The van der Waals surface area contributed by atoms with Crippen molar-refractivity contribution in [2.75, 3.05) is 13.2 Å². The van der Waals surface area contributed by atoms with Crippen molar-refractivity contribution in [2.45, 2.75) is 18.2 Å². The summed E-state index contributed by atoms with van der Waals surface area (Å²) < 4.78 is 43.1. The van der Waals surface area contributed by atoms with Crippen LogP contribution in [0.4, 0.5) is 13.2 Å². The molecule has 1 amide bonds. The number of aliphatic hydroxyl groups is 1. The standard InChI is InChI=1S/C18H16F3NO3/c19-18(20,21)13-7-5-12(6-8-13)16(23)22-11-17(24)9-10-25-15-4-2-1-3-14(15)17/h1-8,24H,9-11H2,(H,22,23). The van der Waals surface area contributed by atoms with Crippen molar-refractivity contribution < 1.29 is 27.8 Å². The molecule has 132 valence electrons. The highest BCUT2D eigenvalue weighted by molar-refractivity contribution is 5.94. The van der Waals surface area contributed by atoms with Crippen LogP contribution in [0.5, 0.6) is 5.75 Å². The van der Waals surface area contributed by atoms with Crippen molar-refractivity contribution >= 4 is 5.91 Å². The Morgan fingerprint density at radius 1 is 1.16 bits per heavy atom. The minimum atomic E-state index is -4.45. The van der Waals surface area contributed by atoms with Crippen LogP contribution in [0, 0.1) is 0 Å². The fraction of sp³-hybridized carbons (Fsp3) is 0.278. The summed E-state index contributed by atoms with van der Waals surface area (Å²) in [6.07, 6.45) is -4.15. The molecule has 0 saturated carbocycles. The Bertz CT molecular complexity index is 774. The van der Waals surface area contributed by atoms with Crippen LogP contribution in [0.25, 0.3) is 0 Å². The highest BCUT2D eigenvalue weighted by Gasteiger charge is 2.36. The molecule has 1 atom stereocenters. The van der Waals surface area contributed by atoms with Gasteiger partial charge >= 0.3 is 6.18 Å². The summed E-state index contributed by atoms with van der Waals surface area (Å²) >= 11 is 0. The molecule has 0 bridgehead atoms. The second-order valence-electron chi connectivity index (χ2n) is 5.88. The van der Waals surface area contributed by atoms with E-state index in [2.05, 4.69) is 5.32 Å². The third kappa shape index (κ3) is 3.61. The van der Waals surface area contributed by atoms with Gasteiger partial charge in [0.05, 0.1) is 18.7 Å². The van der Waals surface area contributed by atoms with Crippen LogP contribution >= 0.6 is 0 Å². The number of para-hydroxylation sites is 1. The van der Waals surface area contributed by atoms with Crippen LogP contribution in [0.3, 0.4) is 0 Å². The van der Waals surface area contributed by atoms with Crippen molar-refractivity contribution in [1.29, 1.82) is 0 Å². The van der Waals surface area contributed by atoms with Crippen molar-refractivity contribution in [3.8, 4) is 5.75 Å². The Morgan fingerprint density at radius 3 is 2.52 bits per heavy atom. The first-order valence-electron chi connectivity index (χ1n) is 7.70. The number of nitrogens with one attached hydrogen (secondary N) is 1. The van der Waals surface area contributed by atoms with Gasteiger partial charge in [-0.05, 0) is 30.3 Å². The molecule has 4 nitrogen and oxygen atoms in total. The number of carbonyl (C=O) groups is 1. The molecule has 1 aliphatic rings. The van der Waals surface area contributed by atoms with Crippen molar-refractivity contribution in [3.05, 3.63) is 65.2 Å². The second-order valence-corrected chi connectivity index (χ2v) is 5.88. The van der Waals surface area contributed by atoms with Gasteiger partial charge in [-0.25, -0.2) is 0 Å². The van der Waals surface area contributed by atoms with Gasteiger partial charge < -0.3 is 15.2 Å². The molecule has 0 fully saturated rings. The van der Waals surface area contributed by atoms with Gasteiger partial charge in [0.1, 0.15) is 11.4 Å². The molecule has 25 heavy (non-hydrogen) atoms. The van der Waals surface area contributed by atoms with Gasteiger partial charge in [0, 0.05) is 17.5 Å². The maximum Gasteiger partial charge on any atom is 0.416 e. The molecule has 1 unspecified atom stereocenters. The molecule has 0 aliphatic carbocycles.